The van der Waals surface area contributed by atoms with Gasteiger partial charge in [-0.3, -0.25) is 9.59 Å². The number of para-hydroxylation sites is 2. The maximum absolute atomic E-state index is 13.8. The fraction of sp³-hybridized carbons (Fsp3) is 0.200. The third kappa shape index (κ3) is 7.01. The number of fused-ring (bicyclic) bond motifs is 1. The molecule has 9 nitrogen and oxygen atoms in total. The number of amides is 1. The maximum Gasteiger partial charge on any atom is 0.282 e. The molecule has 0 atom stereocenters. The van der Waals surface area contributed by atoms with Crippen LogP contribution in [0.1, 0.15) is 36.5 Å². The number of ether oxygens (including phenoxy) is 3. The minimum absolute atomic E-state index is 0.183. The second-order valence-electron chi connectivity index (χ2n) is 10.6. The van der Waals surface area contributed by atoms with Crippen LogP contribution in [-0.4, -0.2) is 42.6 Å². The van der Waals surface area contributed by atoms with Crippen molar-refractivity contribution >= 4 is 51.3 Å². The van der Waals surface area contributed by atoms with Gasteiger partial charge in [0.2, 0.25) is 0 Å². The number of nitrogens with one attached hydrogen (secondary N) is 1. The van der Waals surface area contributed by atoms with Crippen LogP contribution in [0, 0.1) is 10.5 Å². The fourth-order valence-electron chi connectivity index (χ4n) is 4.91. The largest absolute Gasteiger partial charge is 0.496 e. The molecular weight excluding hydrogens is 683 g/mol. The summed E-state index contributed by atoms with van der Waals surface area (Å²) in [6, 6.07) is 24.0. The molecule has 0 fully saturated rings. The van der Waals surface area contributed by atoms with Gasteiger partial charge in [0.25, 0.3) is 11.5 Å². The summed E-state index contributed by atoms with van der Waals surface area (Å²) < 4.78 is 19.1. The molecule has 5 aromatic rings. The summed E-state index contributed by atoms with van der Waals surface area (Å²) in [6.45, 7) is 5.95. The van der Waals surface area contributed by atoms with Crippen LogP contribution in [0.2, 0.25) is 0 Å². The predicted octanol–water partition coefficient (Wildman–Crippen LogP) is 7.02. The summed E-state index contributed by atoms with van der Waals surface area (Å²) in [4.78, 5) is 31.2. The summed E-state index contributed by atoms with van der Waals surface area (Å²) in [5, 5.41) is 7.91. The number of methoxy groups -OCH3 is 2. The van der Waals surface area contributed by atoms with Gasteiger partial charge in [-0.1, -0.05) is 44.2 Å². The van der Waals surface area contributed by atoms with E-state index in [2.05, 4.69) is 46.9 Å². The molecule has 5 rings (SSSR count). The summed E-state index contributed by atoms with van der Waals surface area (Å²) in [6.07, 6.45) is 1.58. The van der Waals surface area contributed by atoms with Gasteiger partial charge in [0, 0.05) is 11.3 Å². The van der Waals surface area contributed by atoms with Crippen molar-refractivity contribution in [1.82, 2.24) is 9.66 Å². The van der Waals surface area contributed by atoms with Crippen LogP contribution >= 0.6 is 22.6 Å². The van der Waals surface area contributed by atoms with Crippen LogP contribution in [0.4, 0.5) is 5.69 Å². The standard InChI is InChI=1S/C35H33IN4O5/c1-21(2)26-18-27(22(3)15-30(26)43-4)34-39-29-14-10-9-13-25(29)35(42)40(34)37-19-23-16-28(36)33(31(17-23)44-5)45-20-32(41)38-24-11-7-6-8-12-24/h6-19,21H,20H2,1-5H3,(H,38,41). The van der Waals surface area contributed by atoms with E-state index in [9.17, 15) is 9.59 Å². The molecule has 0 aliphatic carbocycles. The minimum Gasteiger partial charge on any atom is -0.496 e. The molecule has 10 heteroatoms. The summed E-state index contributed by atoms with van der Waals surface area (Å²) in [5.41, 5.74) is 4.32. The summed E-state index contributed by atoms with van der Waals surface area (Å²) in [7, 11) is 3.18. The van der Waals surface area contributed by atoms with Crippen molar-refractivity contribution < 1.29 is 19.0 Å². The first kappa shape index (κ1) is 31.7. The molecule has 1 amide bonds. The zero-order valence-corrected chi connectivity index (χ0v) is 27.8. The molecule has 0 aliphatic heterocycles. The van der Waals surface area contributed by atoms with Crippen molar-refractivity contribution in [1.29, 1.82) is 0 Å². The summed E-state index contributed by atoms with van der Waals surface area (Å²) in [5.74, 6) is 1.94. The lowest BCUT2D eigenvalue weighted by molar-refractivity contribution is -0.118. The predicted molar refractivity (Wildman–Crippen MR) is 186 cm³/mol. The smallest absolute Gasteiger partial charge is 0.282 e. The Morgan fingerprint density at radius 3 is 2.42 bits per heavy atom. The fourth-order valence-corrected chi connectivity index (χ4v) is 5.69. The van der Waals surface area contributed by atoms with Crippen molar-refractivity contribution in [3.63, 3.8) is 0 Å². The van der Waals surface area contributed by atoms with Gasteiger partial charge in [-0.15, -0.1) is 0 Å². The zero-order chi connectivity index (χ0) is 32.1. The van der Waals surface area contributed by atoms with Crippen molar-refractivity contribution in [3.8, 4) is 28.6 Å². The lowest BCUT2D eigenvalue weighted by Crippen LogP contribution is -2.21. The molecule has 0 radical (unpaired) electrons. The first-order valence-electron chi connectivity index (χ1n) is 14.3. The lowest BCUT2D eigenvalue weighted by Gasteiger charge is -2.17. The number of aryl methyl sites for hydroxylation is 1. The Bertz CT molecular complexity index is 1950. The Morgan fingerprint density at radius 1 is 1.00 bits per heavy atom. The second-order valence-corrected chi connectivity index (χ2v) is 11.8. The van der Waals surface area contributed by atoms with E-state index in [0.29, 0.717) is 43.0 Å². The third-order valence-corrected chi connectivity index (χ3v) is 7.97. The number of anilines is 1. The molecule has 0 saturated carbocycles. The van der Waals surface area contributed by atoms with Crippen LogP contribution in [0.3, 0.4) is 0 Å². The molecule has 0 aliphatic rings. The van der Waals surface area contributed by atoms with E-state index in [1.165, 1.54) is 11.8 Å². The maximum atomic E-state index is 13.8. The van der Waals surface area contributed by atoms with E-state index in [4.69, 9.17) is 19.2 Å². The van der Waals surface area contributed by atoms with E-state index < -0.39 is 0 Å². The van der Waals surface area contributed by atoms with Crippen LogP contribution in [0.5, 0.6) is 17.2 Å². The number of hydrogen-bond donors (Lipinski definition) is 1. The number of rotatable bonds is 10. The van der Waals surface area contributed by atoms with Crippen molar-refractivity contribution in [2.45, 2.75) is 26.7 Å². The SMILES string of the molecule is COc1cc(C)c(-c2nc3ccccc3c(=O)n2N=Cc2cc(I)c(OCC(=O)Nc3ccccc3)c(OC)c2)cc1C(C)C. The minimum atomic E-state index is -0.296. The molecular formula is C35H33IN4O5. The van der Waals surface area contributed by atoms with Crippen LogP contribution in [0.25, 0.3) is 22.3 Å². The van der Waals surface area contributed by atoms with E-state index in [1.807, 2.05) is 55.5 Å². The monoisotopic (exact) mass is 716 g/mol. The van der Waals surface area contributed by atoms with Gasteiger partial charge in [0.05, 0.1) is 34.9 Å². The molecule has 1 aromatic heterocycles. The van der Waals surface area contributed by atoms with Gasteiger partial charge in [-0.2, -0.15) is 9.78 Å². The Labute approximate surface area is 275 Å². The number of halogens is 1. The summed E-state index contributed by atoms with van der Waals surface area (Å²) >= 11 is 2.12. The van der Waals surface area contributed by atoms with Crippen LogP contribution < -0.4 is 25.1 Å². The highest BCUT2D eigenvalue weighted by Gasteiger charge is 2.19. The Balaban J connectivity index is 1.52. The van der Waals surface area contributed by atoms with E-state index in [0.717, 1.165) is 22.4 Å². The first-order valence-corrected chi connectivity index (χ1v) is 15.4. The molecule has 1 N–H and O–H groups in total. The number of carbonyl (C=O) groups is 1. The van der Waals surface area contributed by atoms with Crippen molar-refractivity contribution in [2.24, 2.45) is 5.10 Å². The Morgan fingerprint density at radius 2 is 1.71 bits per heavy atom. The highest BCUT2D eigenvalue weighted by molar-refractivity contribution is 14.1. The van der Waals surface area contributed by atoms with Crippen molar-refractivity contribution in [2.75, 3.05) is 26.1 Å². The van der Waals surface area contributed by atoms with E-state index in [1.54, 1.807) is 43.7 Å². The highest BCUT2D eigenvalue weighted by Crippen LogP contribution is 2.35. The molecule has 1 heterocycles. The topological polar surface area (TPSA) is 104 Å². The Kier molecular flexibility index (Phi) is 9.82. The highest BCUT2D eigenvalue weighted by atomic mass is 127. The quantitative estimate of drug-likeness (QED) is 0.123. The molecule has 0 saturated heterocycles. The van der Waals surface area contributed by atoms with Crippen molar-refractivity contribution in [3.05, 3.63) is 109 Å². The van der Waals surface area contributed by atoms with Gasteiger partial charge < -0.3 is 19.5 Å². The molecule has 0 unspecified atom stereocenters. The number of carbonyl (C=O) groups excluding carboxylic acids is 1. The van der Waals surface area contributed by atoms with Gasteiger partial charge >= 0.3 is 0 Å². The van der Waals surface area contributed by atoms with Crippen LogP contribution in [0.15, 0.2) is 88.8 Å². The molecule has 0 spiro atoms. The zero-order valence-electron chi connectivity index (χ0n) is 25.6. The van der Waals surface area contributed by atoms with Gasteiger partial charge in [0.1, 0.15) is 5.75 Å². The van der Waals surface area contributed by atoms with E-state index in [-0.39, 0.29) is 24.0 Å². The number of benzene rings is 4. The lowest BCUT2D eigenvalue weighted by atomic mass is 9.96. The van der Waals surface area contributed by atoms with Gasteiger partial charge in [0.15, 0.2) is 23.9 Å². The molecule has 45 heavy (non-hydrogen) atoms. The van der Waals surface area contributed by atoms with Gasteiger partial charge in [-0.05, 0) is 101 Å². The third-order valence-electron chi connectivity index (χ3n) is 7.17. The number of aromatic nitrogens is 2. The van der Waals surface area contributed by atoms with E-state index >= 15 is 0 Å². The molecule has 230 valence electrons. The second kappa shape index (κ2) is 13.9. The molecule has 4 aromatic carbocycles. The van der Waals surface area contributed by atoms with Gasteiger partial charge in [-0.25, -0.2) is 4.98 Å². The Hall–Kier alpha value is -4.71. The first-order chi connectivity index (χ1) is 21.7. The number of nitrogens with zero attached hydrogens (tertiary/aromatic N) is 3. The number of hydrogen-bond acceptors (Lipinski definition) is 7. The average Bonchev–Trinajstić information content (AvgIpc) is 3.03. The molecule has 0 bridgehead atoms. The normalized spacial score (nSPS) is 11.3. The van der Waals surface area contributed by atoms with Crippen LogP contribution in [-0.2, 0) is 4.79 Å². The average molecular weight is 717 g/mol.